The first-order valence-electron chi connectivity index (χ1n) is 5.04. The first-order valence-corrected chi connectivity index (χ1v) is 5.04. The van der Waals surface area contributed by atoms with Crippen molar-refractivity contribution in [3.05, 3.63) is 0 Å². The van der Waals surface area contributed by atoms with Crippen LogP contribution in [0.15, 0.2) is 0 Å². The van der Waals surface area contributed by atoms with E-state index in [4.69, 9.17) is 0 Å². The van der Waals surface area contributed by atoms with E-state index in [0.29, 0.717) is 0 Å². The zero-order chi connectivity index (χ0) is 10.3. The Kier molecular flexibility index (Phi) is 6.29. The van der Waals surface area contributed by atoms with Gasteiger partial charge >= 0.3 is 0 Å². The van der Waals surface area contributed by atoms with Gasteiger partial charge in [0, 0.05) is 18.6 Å². The number of hydrogen-bond acceptors (Lipinski definition) is 3. The van der Waals surface area contributed by atoms with Gasteiger partial charge in [-0.05, 0) is 27.4 Å². The molecule has 0 aliphatic rings. The molecule has 0 amide bonds. The van der Waals surface area contributed by atoms with Gasteiger partial charge in [-0.3, -0.25) is 0 Å². The minimum atomic E-state index is -0.0925. The minimum absolute atomic E-state index is 0.0925. The fourth-order valence-corrected chi connectivity index (χ4v) is 1.36. The Balaban J connectivity index is 3.69. The van der Waals surface area contributed by atoms with E-state index in [1.807, 2.05) is 0 Å². The van der Waals surface area contributed by atoms with Crippen LogP contribution >= 0.6 is 0 Å². The van der Waals surface area contributed by atoms with Crippen LogP contribution in [0.1, 0.15) is 26.7 Å². The standard InChI is InChI=1S/C10H24N2O/c1-5-6-10(2,9-13)11-7-8-12(3)4/h11,13H,5-9H2,1-4H3. The molecule has 0 radical (unpaired) electrons. The Labute approximate surface area is 82.1 Å². The molecular formula is C10H24N2O. The van der Waals surface area contributed by atoms with Gasteiger partial charge in [-0.2, -0.15) is 0 Å². The van der Waals surface area contributed by atoms with Crippen molar-refractivity contribution in [3.63, 3.8) is 0 Å². The second kappa shape index (κ2) is 6.35. The molecule has 0 rings (SSSR count). The molecule has 80 valence electrons. The predicted octanol–water partition coefficient (Wildman–Crippen LogP) is 0.689. The van der Waals surface area contributed by atoms with E-state index in [2.05, 4.69) is 38.2 Å². The van der Waals surface area contributed by atoms with Crippen LogP contribution in [0.5, 0.6) is 0 Å². The van der Waals surface area contributed by atoms with E-state index in [1.54, 1.807) is 0 Å². The third-order valence-electron chi connectivity index (χ3n) is 2.26. The largest absolute Gasteiger partial charge is 0.394 e. The van der Waals surface area contributed by atoms with Crippen LogP contribution < -0.4 is 5.32 Å². The van der Waals surface area contributed by atoms with E-state index in [0.717, 1.165) is 25.9 Å². The van der Waals surface area contributed by atoms with Crippen molar-refractivity contribution < 1.29 is 5.11 Å². The summed E-state index contributed by atoms with van der Waals surface area (Å²) in [7, 11) is 4.11. The summed E-state index contributed by atoms with van der Waals surface area (Å²) in [6.07, 6.45) is 2.13. The molecule has 1 unspecified atom stereocenters. The van der Waals surface area contributed by atoms with E-state index in [9.17, 15) is 5.11 Å². The van der Waals surface area contributed by atoms with Crippen molar-refractivity contribution in [1.29, 1.82) is 0 Å². The van der Waals surface area contributed by atoms with Crippen LogP contribution in [0.3, 0.4) is 0 Å². The summed E-state index contributed by atoms with van der Waals surface area (Å²) in [5.74, 6) is 0. The topological polar surface area (TPSA) is 35.5 Å². The highest BCUT2D eigenvalue weighted by molar-refractivity contribution is 4.81. The molecule has 3 nitrogen and oxygen atoms in total. The lowest BCUT2D eigenvalue weighted by Crippen LogP contribution is -2.47. The van der Waals surface area contributed by atoms with Gasteiger partial charge in [-0.25, -0.2) is 0 Å². The quantitative estimate of drug-likeness (QED) is 0.617. The van der Waals surface area contributed by atoms with Crippen LogP contribution in [0.25, 0.3) is 0 Å². The lowest BCUT2D eigenvalue weighted by Gasteiger charge is -2.29. The van der Waals surface area contributed by atoms with Crippen molar-refractivity contribution in [3.8, 4) is 0 Å². The van der Waals surface area contributed by atoms with Gasteiger partial charge in [-0.15, -0.1) is 0 Å². The Bertz CT molecular complexity index is 128. The highest BCUT2D eigenvalue weighted by atomic mass is 16.3. The van der Waals surface area contributed by atoms with Gasteiger partial charge in [0.05, 0.1) is 6.61 Å². The summed E-state index contributed by atoms with van der Waals surface area (Å²) < 4.78 is 0. The molecule has 0 spiro atoms. The SMILES string of the molecule is CCCC(C)(CO)NCCN(C)C. The Morgan fingerprint density at radius 3 is 2.38 bits per heavy atom. The second-order valence-corrected chi connectivity index (χ2v) is 4.20. The average Bonchev–Trinajstić information content (AvgIpc) is 2.04. The number of hydrogen-bond donors (Lipinski definition) is 2. The third kappa shape index (κ3) is 6.02. The molecule has 0 saturated carbocycles. The van der Waals surface area contributed by atoms with Crippen molar-refractivity contribution in [2.45, 2.75) is 32.2 Å². The fourth-order valence-electron chi connectivity index (χ4n) is 1.36. The number of aliphatic hydroxyl groups is 1. The zero-order valence-electron chi connectivity index (χ0n) is 9.43. The molecule has 0 aliphatic heterocycles. The Morgan fingerprint density at radius 2 is 2.00 bits per heavy atom. The third-order valence-corrected chi connectivity index (χ3v) is 2.26. The summed E-state index contributed by atoms with van der Waals surface area (Å²) in [4.78, 5) is 2.14. The van der Waals surface area contributed by atoms with Crippen LogP contribution in [0, 0.1) is 0 Å². The normalized spacial score (nSPS) is 16.2. The molecule has 0 aromatic rings. The van der Waals surface area contributed by atoms with E-state index in [1.165, 1.54) is 0 Å². The molecule has 0 fully saturated rings. The minimum Gasteiger partial charge on any atom is -0.394 e. The average molecular weight is 188 g/mol. The van der Waals surface area contributed by atoms with Crippen molar-refractivity contribution in [2.75, 3.05) is 33.8 Å². The van der Waals surface area contributed by atoms with Crippen molar-refractivity contribution in [1.82, 2.24) is 10.2 Å². The van der Waals surface area contributed by atoms with Gasteiger partial charge in [0.15, 0.2) is 0 Å². The highest BCUT2D eigenvalue weighted by Crippen LogP contribution is 2.10. The van der Waals surface area contributed by atoms with Crippen LogP contribution in [0.2, 0.25) is 0 Å². The summed E-state index contributed by atoms with van der Waals surface area (Å²) in [5, 5.41) is 12.6. The maximum Gasteiger partial charge on any atom is 0.0610 e. The summed E-state index contributed by atoms with van der Waals surface area (Å²) in [6.45, 7) is 6.38. The summed E-state index contributed by atoms with van der Waals surface area (Å²) in [5.41, 5.74) is -0.0925. The Hall–Kier alpha value is -0.120. The molecule has 0 aromatic heterocycles. The first-order chi connectivity index (χ1) is 6.04. The van der Waals surface area contributed by atoms with E-state index < -0.39 is 0 Å². The lowest BCUT2D eigenvalue weighted by atomic mass is 9.97. The molecular weight excluding hydrogens is 164 g/mol. The van der Waals surface area contributed by atoms with Gasteiger partial charge in [0.2, 0.25) is 0 Å². The molecule has 2 N–H and O–H groups in total. The van der Waals surface area contributed by atoms with Gasteiger partial charge in [0.25, 0.3) is 0 Å². The van der Waals surface area contributed by atoms with Crippen molar-refractivity contribution in [2.24, 2.45) is 0 Å². The van der Waals surface area contributed by atoms with Crippen LogP contribution in [0.4, 0.5) is 0 Å². The van der Waals surface area contributed by atoms with Crippen LogP contribution in [-0.4, -0.2) is 49.3 Å². The molecule has 0 aliphatic carbocycles. The molecule has 13 heavy (non-hydrogen) atoms. The fraction of sp³-hybridized carbons (Fsp3) is 1.00. The zero-order valence-corrected chi connectivity index (χ0v) is 9.43. The first kappa shape index (κ1) is 12.9. The lowest BCUT2D eigenvalue weighted by molar-refractivity contribution is 0.162. The number of aliphatic hydroxyl groups excluding tert-OH is 1. The monoisotopic (exact) mass is 188 g/mol. The maximum absolute atomic E-state index is 9.21. The smallest absolute Gasteiger partial charge is 0.0610 e. The second-order valence-electron chi connectivity index (χ2n) is 4.20. The molecule has 0 bridgehead atoms. The number of nitrogens with zero attached hydrogens (tertiary/aromatic N) is 1. The van der Waals surface area contributed by atoms with Gasteiger partial charge < -0.3 is 15.3 Å². The van der Waals surface area contributed by atoms with Gasteiger partial charge in [0.1, 0.15) is 0 Å². The number of likely N-dealkylation sites (N-methyl/N-ethyl adjacent to an activating group) is 1. The molecule has 3 heteroatoms. The molecule has 1 atom stereocenters. The Morgan fingerprint density at radius 1 is 1.38 bits per heavy atom. The molecule has 0 aromatic carbocycles. The maximum atomic E-state index is 9.21. The number of rotatable bonds is 7. The molecule has 0 saturated heterocycles. The molecule has 0 heterocycles. The van der Waals surface area contributed by atoms with Crippen LogP contribution in [-0.2, 0) is 0 Å². The van der Waals surface area contributed by atoms with Crippen molar-refractivity contribution >= 4 is 0 Å². The van der Waals surface area contributed by atoms with Gasteiger partial charge in [-0.1, -0.05) is 13.3 Å². The highest BCUT2D eigenvalue weighted by Gasteiger charge is 2.20. The van der Waals surface area contributed by atoms with E-state index in [-0.39, 0.29) is 12.1 Å². The summed E-state index contributed by atoms with van der Waals surface area (Å²) >= 11 is 0. The predicted molar refractivity (Wildman–Crippen MR) is 57.0 cm³/mol. The summed E-state index contributed by atoms with van der Waals surface area (Å²) in [6, 6.07) is 0. The van der Waals surface area contributed by atoms with E-state index >= 15 is 0 Å². The number of nitrogens with one attached hydrogen (secondary N) is 1.